The molecule has 6 nitrogen and oxygen atoms in total. The average molecular weight is 376 g/mol. The maximum absolute atomic E-state index is 11.6. The van der Waals surface area contributed by atoms with E-state index in [0.717, 1.165) is 0 Å². The first-order valence-corrected chi connectivity index (χ1v) is 8.41. The number of Topliss-reactive ketones (excluding diaryl/α,β-unsaturated/α-hetero) is 2. The predicted molar refractivity (Wildman–Crippen MR) is 101 cm³/mol. The van der Waals surface area contributed by atoms with E-state index in [1.165, 1.54) is 24.3 Å². The fourth-order valence-electron chi connectivity index (χ4n) is 3.07. The molecule has 0 saturated heterocycles. The number of aromatic hydroxyl groups is 2. The minimum absolute atomic E-state index is 0.114. The Morgan fingerprint density at radius 3 is 1.32 bits per heavy atom. The lowest BCUT2D eigenvalue weighted by atomic mass is 9.90. The highest BCUT2D eigenvalue weighted by Crippen LogP contribution is 2.28. The molecule has 0 amide bonds. The molecule has 2 aromatic carbocycles. The van der Waals surface area contributed by atoms with Gasteiger partial charge in [-0.25, -0.2) is 0 Å². The van der Waals surface area contributed by atoms with Crippen LogP contribution in [0, 0.1) is 0 Å². The number of carbonyl (C=O) groups excluding carboxylic acids is 4. The summed E-state index contributed by atoms with van der Waals surface area (Å²) in [5, 5.41) is 18.9. The van der Waals surface area contributed by atoms with Crippen LogP contribution < -0.4 is 0 Å². The second-order valence-electron chi connectivity index (χ2n) is 6.44. The summed E-state index contributed by atoms with van der Waals surface area (Å²) in [7, 11) is 0. The van der Waals surface area contributed by atoms with E-state index < -0.39 is 0 Å². The van der Waals surface area contributed by atoms with Gasteiger partial charge in [-0.1, -0.05) is 24.3 Å². The summed E-state index contributed by atoms with van der Waals surface area (Å²) in [6.45, 7) is 3.18. The van der Waals surface area contributed by atoms with Crippen LogP contribution in [0.5, 0.6) is 11.5 Å². The smallest absolute Gasteiger partial charge is 0.190 e. The van der Waals surface area contributed by atoms with Crippen molar-refractivity contribution in [1.29, 1.82) is 0 Å². The SMILES string of the molecule is CC1=CC(=O)c2c(O)cccc2C1=O.CC1=CC(=O)c2c(O)cccc2C1=O. The zero-order chi connectivity index (χ0) is 20.6. The maximum atomic E-state index is 11.6. The highest BCUT2D eigenvalue weighted by atomic mass is 16.3. The molecule has 0 radical (unpaired) electrons. The normalized spacial score (nSPS) is 15.1. The first-order chi connectivity index (χ1) is 13.2. The van der Waals surface area contributed by atoms with Gasteiger partial charge in [-0.3, -0.25) is 19.2 Å². The molecule has 28 heavy (non-hydrogen) atoms. The molecule has 2 N–H and O–H groups in total. The number of rotatable bonds is 0. The largest absolute Gasteiger partial charge is 0.507 e. The Bertz CT molecular complexity index is 1030. The van der Waals surface area contributed by atoms with E-state index in [9.17, 15) is 29.4 Å². The fourth-order valence-corrected chi connectivity index (χ4v) is 3.07. The third-order valence-corrected chi connectivity index (χ3v) is 4.48. The summed E-state index contributed by atoms with van der Waals surface area (Å²) >= 11 is 0. The molecule has 0 spiro atoms. The summed E-state index contributed by atoms with van der Waals surface area (Å²) < 4.78 is 0. The molecule has 0 atom stereocenters. The Balaban J connectivity index is 0.000000161. The third-order valence-electron chi connectivity index (χ3n) is 4.48. The molecule has 2 aliphatic rings. The molecule has 0 aliphatic heterocycles. The molecule has 6 heteroatoms. The minimum Gasteiger partial charge on any atom is -0.507 e. The van der Waals surface area contributed by atoms with Crippen LogP contribution in [0.3, 0.4) is 0 Å². The van der Waals surface area contributed by atoms with Gasteiger partial charge in [0.15, 0.2) is 23.1 Å². The topological polar surface area (TPSA) is 109 Å². The van der Waals surface area contributed by atoms with Gasteiger partial charge in [-0.2, -0.15) is 0 Å². The van der Waals surface area contributed by atoms with Crippen LogP contribution in [0.2, 0.25) is 0 Å². The molecule has 2 aliphatic carbocycles. The van der Waals surface area contributed by atoms with Crippen LogP contribution >= 0.6 is 0 Å². The fraction of sp³-hybridized carbons (Fsp3) is 0.0909. The van der Waals surface area contributed by atoms with Crippen LogP contribution in [-0.4, -0.2) is 33.3 Å². The Kier molecular flexibility index (Phi) is 4.79. The van der Waals surface area contributed by atoms with Crippen molar-refractivity contribution in [3.8, 4) is 11.5 Å². The van der Waals surface area contributed by atoms with E-state index in [0.29, 0.717) is 11.1 Å². The molecular weight excluding hydrogens is 360 g/mol. The molecule has 0 fully saturated rings. The first-order valence-electron chi connectivity index (χ1n) is 8.41. The molecule has 0 saturated carbocycles. The van der Waals surface area contributed by atoms with Gasteiger partial charge in [0.05, 0.1) is 11.1 Å². The average Bonchev–Trinajstić information content (AvgIpc) is 2.64. The molecule has 4 rings (SSSR count). The van der Waals surface area contributed by atoms with Gasteiger partial charge in [0.25, 0.3) is 0 Å². The summed E-state index contributed by atoms with van der Waals surface area (Å²) in [6, 6.07) is 9.00. The molecule has 0 aromatic heterocycles. The third kappa shape index (κ3) is 3.16. The molecule has 0 bridgehead atoms. The van der Waals surface area contributed by atoms with E-state index in [1.807, 2.05) is 0 Å². The standard InChI is InChI=1S/2C11H8O3/c2*1-6-5-9(13)10-7(11(6)14)3-2-4-8(10)12/h2*2-5,12H,1H3. The lowest BCUT2D eigenvalue weighted by Gasteiger charge is -2.12. The second-order valence-corrected chi connectivity index (χ2v) is 6.44. The Morgan fingerprint density at radius 2 is 0.964 bits per heavy atom. The van der Waals surface area contributed by atoms with Crippen LogP contribution in [0.25, 0.3) is 0 Å². The van der Waals surface area contributed by atoms with E-state index in [-0.39, 0.29) is 56.9 Å². The molecule has 140 valence electrons. The second kappa shape index (κ2) is 7.08. The minimum atomic E-state index is -0.310. The lowest BCUT2D eigenvalue weighted by Crippen LogP contribution is -2.15. The number of ketones is 4. The van der Waals surface area contributed by atoms with Crippen molar-refractivity contribution >= 4 is 23.1 Å². The quantitative estimate of drug-likeness (QED) is 0.729. The van der Waals surface area contributed by atoms with Crippen molar-refractivity contribution in [3.05, 3.63) is 82.0 Å². The summed E-state index contributed by atoms with van der Waals surface area (Å²) in [4.78, 5) is 46.1. The van der Waals surface area contributed by atoms with Gasteiger partial charge < -0.3 is 10.2 Å². The Morgan fingerprint density at radius 1 is 0.607 bits per heavy atom. The Hall–Kier alpha value is -3.80. The number of phenolic OH excluding ortho intramolecular Hbond substituents is 2. The van der Waals surface area contributed by atoms with E-state index in [1.54, 1.807) is 38.1 Å². The van der Waals surface area contributed by atoms with Crippen LogP contribution in [0.4, 0.5) is 0 Å². The number of hydrogen-bond acceptors (Lipinski definition) is 6. The Labute approximate surface area is 160 Å². The van der Waals surface area contributed by atoms with Crippen LogP contribution in [-0.2, 0) is 0 Å². The van der Waals surface area contributed by atoms with Gasteiger partial charge in [0.2, 0.25) is 0 Å². The first kappa shape index (κ1) is 19.0. The van der Waals surface area contributed by atoms with Crippen molar-refractivity contribution in [1.82, 2.24) is 0 Å². The number of phenols is 2. The van der Waals surface area contributed by atoms with Crippen molar-refractivity contribution in [2.75, 3.05) is 0 Å². The summed E-state index contributed by atoms with van der Waals surface area (Å²) in [6.07, 6.45) is 2.51. The van der Waals surface area contributed by atoms with Gasteiger partial charge in [-0.15, -0.1) is 0 Å². The van der Waals surface area contributed by atoms with Crippen molar-refractivity contribution in [2.45, 2.75) is 13.8 Å². The summed E-state index contributed by atoms with van der Waals surface area (Å²) in [5.74, 6) is -1.29. The van der Waals surface area contributed by atoms with E-state index in [2.05, 4.69) is 0 Å². The van der Waals surface area contributed by atoms with Gasteiger partial charge in [0.1, 0.15) is 11.5 Å². The van der Waals surface area contributed by atoms with Crippen molar-refractivity contribution in [3.63, 3.8) is 0 Å². The van der Waals surface area contributed by atoms with Crippen molar-refractivity contribution in [2.24, 2.45) is 0 Å². The summed E-state index contributed by atoms with van der Waals surface area (Å²) in [5.41, 5.74) is 1.62. The number of benzene rings is 2. The predicted octanol–water partition coefficient (Wildman–Crippen LogP) is 3.44. The van der Waals surface area contributed by atoms with Crippen molar-refractivity contribution < 1.29 is 29.4 Å². The molecule has 0 heterocycles. The van der Waals surface area contributed by atoms with Crippen LogP contribution in [0.15, 0.2) is 59.7 Å². The molecule has 0 unspecified atom stereocenters. The molecule has 2 aromatic rings. The number of carbonyl (C=O) groups is 4. The highest BCUT2D eigenvalue weighted by Gasteiger charge is 2.26. The van der Waals surface area contributed by atoms with E-state index in [4.69, 9.17) is 0 Å². The van der Waals surface area contributed by atoms with Crippen LogP contribution in [0.1, 0.15) is 55.3 Å². The lowest BCUT2D eigenvalue weighted by molar-refractivity contribution is 0.0982. The number of fused-ring (bicyclic) bond motifs is 2. The van der Waals surface area contributed by atoms with Gasteiger partial charge in [-0.05, 0) is 38.1 Å². The van der Waals surface area contributed by atoms with Gasteiger partial charge >= 0.3 is 0 Å². The maximum Gasteiger partial charge on any atom is 0.190 e. The zero-order valence-electron chi connectivity index (χ0n) is 15.1. The monoisotopic (exact) mass is 376 g/mol. The van der Waals surface area contributed by atoms with E-state index >= 15 is 0 Å². The number of allylic oxidation sites excluding steroid dienone is 4. The van der Waals surface area contributed by atoms with Gasteiger partial charge in [0, 0.05) is 22.3 Å². The highest BCUT2D eigenvalue weighted by molar-refractivity contribution is 6.26. The molecular formula is C22H16O6. The zero-order valence-corrected chi connectivity index (χ0v) is 15.1. The number of hydrogen-bond donors (Lipinski definition) is 2.